The van der Waals surface area contributed by atoms with Crippen molar-refractivity contribution in [2.75, 3.05) is 0 Å². The van der Waals surface area contributed by atoms with Gasteiger partial charge >= 0.3 is 0 Å². The van der Waals surface area contributed by atoms with Gasteiger partial charge in [0, 0.05) is 17.1 Å². The van der Waals surface area contributed by atoms with Crippen LogP contribution in [0.1, 0.15) is 6.92 Å². The fraction of sp³-hybridized carbons (Fsp3) is 0.250. The van der Waals surface area contributed by atoms with E-state index in [1.807, 2.05) is 0 Å². The fourth-order valence-electron chi connectivity index (χ4n) is 0. The normalized spacial score (nSPS) is 5.50. The van der Waals surface area contributed by atoms with Gasteiger partial charge < -0.3 is 4.79 Å². The van der Waals surface area contributed by atoms with Crippen molar-refractivity contribution in [1.29, 1.82) is 0 Å². The second-order valence-corrected chi connectivity index (χ2v) is 0.882. The zero-order valence-electron chi connectivity index (χ0n) is 3.47. The molecule has 0 spiro atoms. The minimum absolute atomic E-state index is 0. The zero-order chi connectivity index (χ0) is 4.28. The standard InChI is InChI=1S/C4H5O.Fe/c1-4(2)3-5;/h1H2,2H3;/q-1;. The third kappa shape index (κ3) is 9.06. The molecule has 0 rings (SSSR count). The van der Waals surface area contributed by atoms with Crippen LogP contribution in [0.5, 0.6) is 0 Å². The van der Waals surface area contributed by atoms with Gasteiger partial charge in [-0.3, -0.25) is 0 Å². The summed E-state index contributed by atoms with van der Waals surface area (Å²) in [4.78, 5) is 9.28. The van der Waals surface area contributed by atoms with Gasteiger partial charge in [0.15, 0.2) is 0 Å². The molecule has 0 heterocycles. The number of hydrogen-bond donors (Lipinski definition) is 0. The van der Waals surface area contributed by atoms with E-state index in [0.717, 1.165) is 0 Å². The molecule has 0 bridgehead atoms. The summed E-state index contributed by atoms with van der Waals surface area (Å²) in [6.45, 7) is 4.85. The van der Waals surface area contributed by atoms with Gasteiger partial charge in [-0.25, -0.2) is 6.58 Å². The summed E-state index contributed by atoms with van der Waals surface area (Å²) in [7, 11) is 0. The Labute approximate surface area is 47.9 Å². The molecule has 0 atom stereocenters. The van der Waals surface area contributed by atoms with Crippen LogP contribution < -0.4 is 0 Å². The molecule has 0 aliphatic rings. The Morgan fingerprint density at radius 1 is 1.83 bits per heavy atom. The van der Waals surface area contributed by atoms with Gasteiger partial charge in [-0.15, -0.1) is 0 Å². The molecule has 0 N–H and O–H groups in total. The number of carbonyl (C=O) groups excluding carboxylic acids is 1. The topological polar surface area (TPSA) is 17.1 Å². The summed E-state index contributed by atoms with van der Waals surface area (Å²) >= 11 is 0. The molecule has 0 saturated carbocycles. The average molecular weight is 125 g/mol. The van der Waals surface area contributed by atoms with Crippen molar-refractivity contribution in [1.82, 2.24) is 0 Å². The summed E-state index contributed by atoms with van der Waals surface area (Å²) < 4.78 is 0. The Hall–Kier alpha value is -0.0705. The van der Waals surface area contributed by atoms with Gasteiger partial charge in [0.1, 0.15) is 0 Å². The fourth-order valence-corrected chi connectivity index (χ4v) is 0. The first-order chi connectivity index (χ1) is 2.27. The van der Waals surface area contributed by atoms with Crippen LogP contribution in [0.15, 0.2) is 12.2 Å². The molecule has 2 heteroatoms. The van der Waals surface area contributed by atoms with Crippen LogP contribution in [0.2, 0.25) is 0 Å². The van der Waals surface area contributed by atoms with E-state index in [0.29, 0.717) is 5.57 Å². The quantitative estimate of drug-likeness (QED) is 0.286. The van der Waals surface area contributed by atoms with Gasteiger partial charge in [-0.1, -0.05) is 6.92 Å². The van der Waals surface area contributed by atoms with E-state index in [4.69, 9.17) is 0 Å². The molecule has 0 radical (unpaired) electrons. The average Bonchev–Trinajstić information content (AvgIpc) is 1.38. The molecular formula is C4H5FeO-. The monoisotopic (exact) mass is 125 g/mol. The Bertz CT molecular complexity index is 58.6. The van der Waals surface area contributed by atoms with Crippen molar-refractivity contribution < 1.29 is 21.9 Å². The zero-order valence-corrected chi connectivity index (χ0v) is 4.57. The summed E-state index contributed by atoms with van der Waals surface area (Å²) in [5.41, 5.74) is 0.449. The first-order valence-corrected chi connectivity index (χ1v) is 1.31. The molecule has 0 aliphatic carbocycles. The summed E-state index contributed by atoms with van der Waals surface area (Å²) in [6.07, 6.45) is 1.58. The summed E-state index contributed by atoms with van der Waals surface area (Å²) in [6, 6.07) is 0. The first-order valence-electron chi connectivity index (χ1n) is 1.31. The van der Waals surface area contributed by atoms with Crippen LogP contribution >= 0.6 is 0 Å². The smallest absolute Gasteiger partial charge is 0 e. The molecular weight excluding hydrogens is 120 g/mol. The van der Waals surface area contributed by atoms with E-state index in [1.54, 1.807) is 13.2 Å². The first kappa shape index (κ1) is 9.33. The van der Waals surface area contributed by atoms with Crippen LogP contribution in [-0.4, -0.2) is 6.29 Å². The molecule has 0 fully saturated rings. The Kier molecular flexibility index (Phi) is 7.67. The Morgan fingerprint density at radius 3 is 2.00 bits per heavy atom. The van der Waals surface area contributed by atoms with Crippen LogP contribution in [0, 0.1) is 0 Å². The maximum Gasteiger partial charge on any atom is 0 e. The summed E-state index contributed by atoms with van der Waals surface area (Å²) in [5, 5.41) is 0. The second-order valence-electron chi connectivity index (χ2n) is 0.882. The van der Waals surface area contributed by atoms with Crippen molar-refractivity contribution in [3.05, 3.63) is 12.2 Å². The predicted octanol–water partition coefficient (Wildman–Crippen LogP) is 0.670. The van der Waals surface area contributed by atoms with E-state index in [-0.39, 0.29) is 17.1 Å². The van der Waals surface area contributed by atoms with E-state index in [1.165, 1.54) is 0 Å². The van der Waals surface area contributed by atoms with Crippen LogP contribution in [0.4, 0.5) is 0 Å². The molecule has 0 amide bonds. The molecule has 1 nitrogen and oxygen atoms in total. The van der Waals surface area contributed by atoms with E-state index in [2.05, 4.69) is 6.58 Å². The molecule has 0 aromatic heterocycles. The maximum absolute atomic E-state index is 9.28. The van der Waals surface area contributed by atoms with Crippen molar-refractivity contribution in [2.45, 2.75) is 6.92 Å². The van der Waals surface area contributed by atoms with Crippen molar-refractivity contribution in [2.24, 2.45) is 0 Å². The molecule has 0 unspecified atom stereocenters. The summed E-state index contributed by atoms with van der Waals surface area (Å²) in [5.74, 6) is 0. The Morgan fingerprint density at radius 2 is 2.00 bits per heavy atom. The predicted molar refractivity (Wildman–Crippen MR) is 20.5 cm³/mol. The van der Waals surface area contributed by atoms with E-state index in [9.17, 15) is 4.79 Å². The maximum atomic E-state index is 9.28. The Balaban J connectivity index is 0. The van der Waals surface area contributed by atoms with Gasteiger partial charge in [0.2, 0.25) is 0 Å². The van der Waals surface area contributed by atoms with Gasteiger partial charge in [-0.05, 0) is 6.29 Å². The molecule has 36 valence electrons. The molecule has 6 heavy (non-hydrogen) atoms. The van der Waals surface area contributed by atoms with Crippen molar-refractivity contribution in [3.63, 3.8) is 0 Å². The van der Waals surface area contributed by atoms with Crippen LogP contribution in [0.25, 0.3) is 0 Å². The largest absolute Gasteiger partial charge is 0.419 e. The van der Waals surface area contributed by atoms with Gasteiger partial charge in [-0.2, -0.15) is 5.57 Å². The minimum atomic E-state index is 0. The van der Waals surface area contributed by atoms with Crippen molar-refractivity contribution >= 4 is 6.29 Å². The SMILES string of the molecule is C=C(C)[C-]=O.[Fe]. The number of allylic oxidation sites excluding steroid dienone is 1. The minimum Gasteiger partial charge on any atom is -0.419 e. The van der Waals surface area contributed by atoms with E-state index >= 15 is 0 Å². The molecule has 0 aromatic carbocycles. The van der Waals surface area contributed by atoms with Gasteiger partial charge in [0.05, 0.1) is 0 Å². The third-order valence-corrected chi connectivity index (χ3v) is 0.174. The van der Waals surface area contributed by atoms with Gasteiger partial charge in [0.25, 0.3) is 0 Å². The third-order valence-electron chi connectivity index (χ3n) is 0.174. The van der Waals surface area contributed by atoms with Crippen LogP contribution in [0.3, 0.4) is 0 Å². The van der Waals surface area contributed by atoms with Crippen LogP contribution in [-0.2, 0) is 21.9 Å². The second kappa shape index (κ2) is 4.93. The van der Waals surface area contributed by atoms with Crippen molar-refractivity contribution in [3.8, 4) is 0 Å². The van der Waals surface area contributed by atoms with E-state index < -0.39 is 0 Å². The molecule has 0 aromatic rings. The molecule has 0 aliphatic heterocycles. The molecule has 0 saturated heterocycles. The number of rotatable bonds is 1. The number of hydrogen-bond acceptors (Lipinski definition) is 1.